The highest BCUT2D eigenvalue weighted by atomic mass is 35.5. The number of nitrogens with one attached hydrogen (secondary N) is 2. The van der Waals surface area contributed by atoms with Crippen molar-refractivity contribution in [2.24, 2.45) is 5.41 Å². The molecule has 1 aromatic heterocycles. The smallest absolute Gasteiger partial charge is 0.226 e. The first-order chi connectivity index (χ1) is 10.2. The number of rotatable bonds is 4. The van der Waals surface area contributed by atoms with Crippen LogP contribution < -0.4 is 10.6 Å². The van der Waals surface area contributed by atoms with Gasteiger partial charge in [-0.05, 0) is 43.5 Å². The van der Waals surface area contributed by atoms with Crippen LogP contribution in [0.15, 0.2) is 28.8 Å². The first-order valence-corrected chi connectivity index (χ1v) is 7.47. The SMILES string of the molecule is CC1(CNC(=O)Cc2noc3ccccc23)CCNCC1.Cl. The van der Waals surface area contributed by atoms with Gasteiger partial charge in [-0.15, -0.1) is 12.4 Å². The Balaban J connectivity index is 0.00000176. The highest BCUT2D eigenvalue weighted by Gasteiger charge is 2.27. The Labute approximate surface area is 136 Å². The molecular weight excluding hydrogens is 302 g/mol. The van der Waals surface area contributed by atoms with Gasteiger partial charge in [0.1, 0.15) is 5.69 Å². The third kappa shape index (κ3) is 3.78. The third-order valence-electron chi connectivity index (χ3n) is 4.30. The van der Waals surface area contributed by atoms with Crippen LogP contribution in [0.1, 0.15) is 25.5 Å². The minimum absolute atomic E-state index is 0. The minimum atomic E-state index is 0. The monoisotopic (exact) mass is 323 g/mol. The van der Waals surface area contributed by atoms with Crippen molar-refractivity contribution in [2.75, 3.05) is 19.6 Å². The summed E-state index contributed by atoms with van der Waals surface area (Å²) >= 11 is 0. The molecule has 3 rings (SSSR count). The van der Waals surface area contributed by atoms with E-state index in [1.54, 1.807) is 0 Å². The Morgan fingerprint density at radius 1 is 1.36 bits per heavy atom. The number of aromatic nitrogens is 1. The second-order valence-corrected chi connectivity index (χ2v) is 6.14. The topological polar surface area (TPSA) is 67.2 Å². The van der Waals surface area contributed by atoms with Crippen LogP contribution >= 0.6 is 12.4 Å². The second-order valence-electron chi connectivity index (χ2n) is 6.14. The number of nitrogens with zero attached hydrogens (tertiary/aromatic N) is 1. The zero-order valence-electron chi connectivity index (χ0n) is 12.7. The average Bonchev–Trinajstić information content (AvgIpc) is 2.90. The lowest BCUT2D eigenvalue weighted by atomic mass is 9.81. The first kappa shape index (κ1) is 16.8. The number of hydrogen-bond acceptors (Lipinski definition) is 4. The summed E-state index contributed by atoms with van der Waals surface area (Å²) in [4.78, 5) is 12.1. The van der Waals surface area contributed by atoms with Gasteiger partial charge in [0.2, 0.25) is 5.91 Å². The molecule has 0 aliphatic carbocycles. The van der Waals surface area contributed by atoms with Gasteiger partial charge in [-0.3, -0.25) is 4.79 Å². The number of piperidine rings is 1. The molecule has 0 atom stereocenters. The number of fused-ring (bicyclic) bond motifs is 1. The van der Waals surface area contributed by atoms with Crippen LogP contribution in [0.5, 0.6) is 0 Å². The van der Waals surface area contributed by atoms with Crippen molar-refractivity contribution in [3.63, 3.8) is 0 Å². The van der Waals surface area contributed by atoms with Gasteiger partial charge < -0.3 is 15.2 Å². The van der Waals surface area contributed by atoms with E-state index in [1.165, 1.54) is 0 Å². The summed E-state index contributed by atoms with van der Waals surface area (Å²) in [5.74, 6) is 0.00816. The number of carbonyl (C=O) groups is 1. The molecule has 0 bridgehead atoms. The van der Waals surface area contributed by atoms with E-state index < -0.39 is 0 Å². The standard InChI is InChI=1S/C16H21N3O2.ClH/c1-16(6-8-17-9-7-16)11-18-15(20)10-13-12-4-2-3-5-14(12)21-19-13;/h2-5,17H,6-11H2,1H3,(H,18,20);1H. The van der Waals surface area contributed by atoms with Crippen LogP contribution in [0.4, 0.5) is 0 Å². The zero-order chi connectivity index (χ0) is 14.7. The number of para-hydroxylation sites is 1. The molecule has 22 heavy (non-hydrogen) atoms. The summed E-state index contributed by atoms with van der Waals surface area (Å²) in [5, 5.41) is 11.3. The van der Waals surface area contributed by atoms with Crippen molar-refractivity contribution in [1.82, 2.24) is 15.8 Å². The van der Waals surface area contributed by atoms with Gasteiger partial charge in [0.15, 0.2) is 5.58 Å². The summed E-state index contributed by atoms with van der Waals surface area (Å²) in [5.41, 5.74) is 1.64. The normalized spacial score (nSPS) is 17.0. The molecule has 2 N–H and O–H groups in total. The fourth-order valence-corrected chi connectivity index (χ4v) is 2.80. The molecule has 1 aromatic carbocycles. The van der Waals surface area contributed by atoms with Gasteiger partial charge in [-0.2, -0.15) is 0 Å². The highest BCUT2D eigenvalue weighted by molar-refractivity contribution is 5.86. The summed E-state index contributed by atoms with van der Waals surface area (Å²) in [6, 6.07) is 7.62. The molecule has 1 aliphatic rings. The zero-order valence-corrected chi connectivity index (χ0v) is 13.5. The average molecular weight is 324 g/mol. The minimum Gasteiger partial charge on any atom is -0.356 e. The Kier molecular flexibility index (Phi) is 5.42. The summed E-state index contributed by atoms with van der Waals surface area (Å²) in [6.45, 7) is 5.02. The van der Waals surface area contributed by atoms with Crippen molar-refractivity contribution < 1.29 is 9.32 Å². The number of hydrogen-bond donors (Lipinski definition) is 2. The van der Waals surface area contributed by atoms with Crippen molar-refractivity contribution in [2.45, 2.75) is 26.2 Å². The molecule has 0 unspecified atom stereocenters. The Morgan fingerprint density at radius 2 is 2.09 bits per heavy atom. The lowest BCUT2D eigenvalue weighted by Crippen LogP contribution is -2.43. The Hall–Kier alpha value is -1.59. The number of benzene rings is 1. The van der Waals surface area contributed by atoms with Crippen molar-refractivity contribution in [1.29, 1.82) is 0 Å². The molecule has 2 aromatic rings. The third-order valence-corrected chi connectivity index (χ3v) is 4.30. The first-order valence-electron chi connectivity index (χ1n) is 7.47. The van der Waals surface area contributed by atoms with E-state index in [0.29, 0.717) is 5.69 Å². The lowest BCUT2D eigenvalue weighted by Gasteiger charge is -2.34. The molecule has 2 heterocycles. The molecule has 5 nitrogen and oxygen atoms in total. The Bertz CT molecular complexity index is 635. The van der Waals surface area contributed by atoms with Gasteiger partial charge in [0.25, 0.3) is 0 Å². The van der Waals surface area contributed by atoms with Crippen LogP contribution in [-0.2, 0) is 11.2 Å². The summed E-state index contributed by atoms with van der Waals surface area (Å²) in [6.07, 6.45) is 2.46. The van der Waals surface area contributed by atoms with Crippen molar-refractivity contribution in [3.8, 4) is 0 Å². The van der Waals surface area contributed by atoms with E-state index in [0.717, 1.165) is 43.4 Å². The van der Waals surface area contributed by atoms with Gasteiger partial charge in [-0.1, -0.05) is 24.2 Å². The van der Waals surface area contributed by atoms with Crippen LogP contribution in [0.3, 0.4) is 0 Å². The highest BCUT2D eigenvalue weighted by Crippen LogP contribution is 2.26. The van der Waals surface area contributed by atoms with Crippen molar-refractivity contribution >= 4 is 29.3 Å². The molecule has 1 amide bonds. The van der Waals surface area contributed by atoms with Crippen LogP contribution in [0.25, 0.3) is 11.0 Å². The number of halogens is 1. The molecule has 1 fully saturated rings. The quantitative estimate of drug-likeness (QED) is 0.906. The number of amides is 1. The van der Waals surface area contributed by atoms with E-state index in [2.05, 4.69) is 22.7 Å². The van der Waals surface area contributed by atoms with E-state index in [4.69, 9.17) is 4.52 Å². The maximum Gasteiger partial charge on any atom is 0.226 e. The predicted octanol–water partition coefficient (Wildman–Crippen LogP) is 2.30. The molecule has 1 saturated heterocycles. The molecule has 120 valence electrons. The maximum absolute atomic E-state index is 12.1. The van der Waals surface area contributed by atoms with Crippen molar-refractivity contribution in [3.05, 3.63) is 30.0 Å². The van der Waals surface area contributed by atoms with E-state index in [-0.39, 0.29) is 30.2 Å². The maximum atomic E-state index is 12.1. The summed E-state index contributed by atoms with van der Waals surface area (Å²) < 4.78 is 5.23. The molecular formula is C16H22ClN3O2. The molecule has 1 aliphatic heterocycles. The largest absolute Gasteiger partial charge is 0.356 e. The molecule has 0 saturated carbocycles. The molecule has 0 radical (unpaired) electrons. The molecule has 6 heteroatoms. The predicted molar refractivity (Wildman–Crippen MR) is 88.2 cm³/mol. The summed E-state index contributed by atoms with van der Waals surface area (Å²) in [7, 11) is 0. The van der Waals surface area contributed by atoms with Crippen LogP contribution in [-0.4, -0.2) is 30.7 Å². The molecule has 0 spiro atoms. The van der Waals surface area contributed by atoms with E-state index >= 15 is 0 Å². The fourth-order valence-electron chi connectivity index (χ4n) is 2.80. The fraction of sp³-hybridized carbons (Fsp3) is 0.500. The van der Waals surface area contributed by atoms with Crippen LogP contribution in [0.2, 0.25) is 0 Å². The second kappa shape index (κ2) is 7.11. The van der Waals surface area contributed by atoms with Gasteiger partial charge in [0.05, 0.1) is 6.42 Å². The Morgan fingerprint density at radius 3 is 2.86 bits per heavy atom. The number of carbonyl (C=O) groups excluding carboxylic acids is 1. The van der Waals surface area contributed by atoms with Crippen LogP contribution in [0, 0.1) is 5.41 Å². The van der Waals surface area contributed by atoms with Gasteiger partial charge in [0, 0.05) is 11.9 Å². The van der Waals surface area contributed by atoms with E-state index in [1.807, 2.05) is 24.3 Å². The van der Waals surface area contributed by atoms with Gasteiger partial charge >= 0.3 is 0 Å². The van der Waals surface area contributed by atoms with Gasteiger partial charge in [-0.25, -0.2) is 0 Å². The van der Waals surface area contributed by atoms with E-state index in [9.17, 15) is 4.79 Å². The lowest BCUT2D eigenvalue weighted by molar-refractivity contribution is -0.121.